The molecular formula is C15H21NO. The molecule has 0 aliphatic heterocycles. The Kier molecular flexibility index (Phi) is 2.53. The van der Waals surface area contributed by atoms with Crippen LogP contribution in [-0.2, 0) is 10.8 Å². The molecule has 0 atom stereocenters. The van der Waals surface area contributed by atoms with E-state index in [1.165, 1.54) is 30.4 Å². The van der Waals surface area contributed by atoms with Crippen LogP contribution in [0.25, 0.3) is 0 Å². The Hall–Kier alpha value is -0.860. The summed E-state index contributed by atoms with van der Waals surface area (Å²) in [5.74, 6) is 0. The van der Waals surface area contributed by atoms with Crippen molar-refractivity contribution in [2.45, 2.75) is 42.9 Å². The third kappa shape index (κ3) is 1.54. The van der Waals surface area contributed by atoms with Crippen molar-refractivity contribution in [1.82, 2.24) is 0 Å². The Morgan fingerprint density at radius 1 is 1.00 bits per heavy atom. The number of nitrogens with two attached hydrogens (primary N) is 1. The molecule has 92 valence electrons. The highest BCUT2D eigenvalue weighted by molar-refractivity contribution is 5.44. The number of benzene rings is 1. The molecule has 2 heteroatoms. The van der Waals surface area contributed by atoms with Crippen LogP contribution < -0.4 is 5.73 Å². The van der Waals surface area contributed by atoms with E-state index in [1.807, 2.05) is 0 Å². The summed E-state index contributed by atoms with van der Waals surface area (Å²) in [7, 11) is 0. The standard InChI is InChI=1S/C15H21NO/c16-10-14(6-3-7-14)12-4-1-2-5-13(12)15(11-17)8-9-15/h1-2,4-5,17H,3,6-11,16H2. The fourth-order valence-electron chi connectivity index (χ4n) is 3.26. The summed E-state index contributed by atoms with van der Waals surface area (Å²) in [4.78, 5) is 0. The monoisotopic (exact) mass is 231 g/mol. The largest absolute Gasteiger partial charge is 0.395 e. The first-order valence-electron chi connectivity index (χ1n) is 6.67. The smallest absolute Gasteiger partial charge is 0.0528 e. The van der Waals surface area contributed by atoms with Gasteiger partial charge >= 0.3 is 0 Å². The molecule has 0 unspecified atom stereocenters. The van der Waals surface area contributed by atoms with E-state index >= 15 is 0 Å². The molecule has 0 radical (unpaired) electrons. The molecule has 2 aliphatic carbocycles. The van der Waals surface area contributed by atoms with E-state index in [0.717, 1.165) is 19.4 Å². The van der Waals surface area contributed by atoms with E-state index in [2.05, 4.69) is 24.3 Å². The van der Waals surface area contributed by atoms with Gasteiger partial charge in [-0.3, -0.25) is 0 Å². The van der Waals surface area contributed by atoms with Gasteiger partial charge in [0.15, 0.2) is 0 Å². The number of aliphatic hydroxyl groups excluding tert-OH is 1. The van der Waals surface area contributed by atoms with E-state index in [9.17, 15) is 5.11 Å². The summed E-state index contributed by atoms with van der Waals surface area (Å²) in [5.41, 5.74) is 9.07. The Bertz CT molecular complexity index is 413. The lowest BCUT2D eigenvalue weighted by Gasteiger charge is -2.43. The maximum absolute atomic E-state index is 9.63. The minimum atomic E-state index is 0.0638. The van der Waals surface area contributed by atoms with Crippen LogP contribution in [0.3, 0.4) is 0 Å². The average molecular weight is 231 g/mol. The Morgan fingerprint density at radius 3 is 1.94 bits per heavy atom. The van der Waals surface area contributed by atoms with Gasteiger partial charge in [0, 0.05) is 17.4 Å². The lowest BCUT2D eigenvalue weighted by atomic mass is 9.62. The molecule has 0 bridgehead atoms. The maximum atomic E-state index is 9.63. The van der Waals surface area contributed by atoms with Gasteiger partial charge in [0.2, 0.25) is 0 Å². The van der Waals surface area contributed by atoms with Crippen molar-refractivity contribution in [3.8, 4) is 0 Å². The molecule has 0 heterocycles. The molecule has 0 aromatic heterocycles. The summed E-state index contributed by atoms with van der Waals surface area (Å²) < 4.78 is 0. The zero-order valence-electron chi connectivity index (χ0n) is 10.3. The number of rotatable bonds is 4. The third-order valence-electron chi connectivity index (χ3n) is 4.93. The minimum Gasteiger partial charge on any atom is -0.395 e. The van der Waals surface area contributed by atoms with Crippen LogP contribution in [0.5, 0.6) is 0 Å². The van der Waals surface area contributed by atoms with Crippen LogP contribution in [-0.4, -0.2) is 18.3 Å². The first-order valence-corrected chi connectivity index (χ1v) is 6.67. The van der Waals surface area contributed by atoms with Crippen molar-refractivity contribution in [3.05, 3.63) is 35.4 Å². The maximum Gasteiger partial charge on any atom is 0.0528 e. The second-order valence-corrected chi connectivity index (χ2v) is 5.82. The van der Waals surface area contributed by atoms with Gasteiger partial charge in [-0.05, 0) is 36.8 Å². The highest BCUT2D eigenvalue weighted by Crippen LogP contribution is 2.53. The number of hydrogen-bond acceptors (Lipinski definition) is 2. The molecule has 0 amide bonds. The van der Waals surface area contributed by atoms with Crippen molar-refractivity contribution in [1.29, 1.82) is 0 Å². The van der Waals surface area contributed by atoms with Gasteiger partial charge in [0.25, 0.3) is 0 Å². The van der Waals surface area contributed by atoms with Gasteiger partial charge in [-0.2, -0.15) is 0 Å². The van der Waals surface area contributed by atoms with Crippen molar-refractivity contribution >= 4 is 0 Å². The van der Waals surface area contributed by atoms with Crippen LogP contribution in [0.2, 0.25) is 0 Å². The summed E-state index contributed by atoms with van der Waals surface area (Å²) >= 11 is 0. The van der Waals surface area contributed by atoms with Crippen LogP contribution in [0, 0.1) is 0 Å². The molecule has 2 saturated carbocycles. The van der Waals surface area contributed by atoms with Crippen LogP contribution in [0.15, 0.2) is 24.3 Å². The Balaban J connectivity index is 2.05. The van der Waals surface area contributed by atoms with Crippen LogP contribution in [0.1, 0.15) is 43.2 Å². The zero-order chi connectivity index (χ0) is 11.9. The van der Waals surface area contributed by atoms with Crippen molar-refractivity contribution in [2.24, 2.45) is 5.73 Å². The normalized spacial score (nSPS) is 24.1. The van der Waals surface area contributed by atoms with E-state index in [-0.39, 0.29) is 17.4 Å². The van der Waals surface area contributed by atoms with Gasteiger partial charge in [-0.25, -0.2) is 0 Å². The predicted molar refractivity (Wildman–Crippen MR) is 69.0 cm³/mol. The molecule has 17 heavy (non-hydrogen) atoms. The number of hydrogen-bond donors (Lipinski definition) is 2. The first kappa shape index (κ1) is 11.2. The fourth-order valence-corrected chi connectivity index (χ4v) is 3.26. The van der Waals surface area contributed by atoms with Gasteiger partial charge in [-0.15, -0.1) is 0 Å². The number of aliphatic hydroxyl groups is 1. The molecule has 2 fully saturated rings. The average Bonchev–Trinajstić information content (AvgIpc) is 3.10. The lowest BCUT2D eigenvalue weighted by molar-refractivity contribution is 0.234. The van der Waals surface area contributed by atoms with Crippen molar-refractivity contribution in [2.75, 3.05) is 13.2 Å². The SMILES string of the molecule is NCC1(c2ccccc2C2(CO)CC2)CCC1. The molecule has 0 spiro atoms. The van der Waals surface area contributed by atoms with E-state index in [0.29, 0.717) is 0 Å². The summed E-state index contributed by atoms with van der Waals surface area (Å²) in [5, 5.41) is 9.63. The zero-order valence-corrected chi connectivity index (χ0v) is 10.3. The summed E-state index contributed by atoms with van der Waals surface area (Å²) in [6.07, 6.45) is 5.96. The molecule has 2 nitrogen and oxygen atoms in total. The minimum absolute atomic E-state index is 0.0638. The van der Waals surface area contributed by atoms with Gasteiger partial charge < -0.3 is 10.8 Å². The quantitative estimate of drug-likeness (QED) is 0.833. The fraction of sp³-hybridized carbons (Fsp3) is 0.600. The molecule has 0 saturated heterocycles. The van der Waals surface area contributed by atoms with Crippen molar-refractivity contribution in [3.63, 3.8) is 0 Å². The Morgan fingerprint density at radius 2 is 1.59 bits per heavy atom. The summed E-state index contributed by atoms with van der Waals surface area (Å²) in [6, 6.07) is 8.64. The highest BCUT2D eigenvalue weighted by atomic mass is 16.3. The Labute approximate surface area is 103 Å². The highest BCUT2D eigenvalue weighted by Gasteiger charge is 2.48. The van der Waals surface area contributed by atoms with Crippen LogP contribution in [0.4, 0.5) is 0 Å². The molecule has 1 aromatic rings. The first-order chi connectivity index (χ1) is 8.26. The van der Waals surface area contributed by atoms with Crippen LogP contribution >= 0.6 is 0 Å². The van der Waals surface area contributed by atoms with E-state index in [4.69, 9.17) is 5.73 Å². The summed E-state index contributed by atoms with van der Waals surface area (Å²) in [6.45, 7) is 1.02. The van der Waals surface area contributed by atoms with E-state index < -0.39 is 0 Å². The molecule has 2 aliphatic rings. The predicted octanol–water partition coefficient (Wildman–Crippen LogP) is 2.09. The van der Waals surface area contributed by atoms with Gasteiger partial charge in [0.1, 0.15) is 0 Å². The molecular weight excluding hydrogens is 210 g/mol. The third-order valence-corrected chi connectivity index (χ3v) is 4.93. The molecule has 3 N–H and O–H groups in total. The molecule has 3 rings (SSSR count). The second-order valence-electron chi connectivity index (χ2n) is 5.82. The van der Waals surface area contributed by atoms with Gasteiger partial charge in [0.05, 0.1) is 6.61 Å². The second kappa shape index (κ2) is 3.82. The van der Waals surface area contributed by atoms with Crippen molar-refractivity contribution < 1.29 is 5.11 Å². The van der Waals surface area contributed by atoms with E-state index in [1.54, 1.807) is 0 Å². The van der Waals surface area contributed by atoms with Gasteiger partial charge in [-0.1, -0.05) is 30.7 Å². The topological polar surface area (TPSA) is 46.2 Å². The molecule has 1 aromatic carbocycles. The lowest BCUT2D eigenvalue weighted by Crippen LogP contribution is -2.43.